The van der Waals surface area contributed by atoms with Gasteiger partial charge in [0.05, 0.1) is 13.0 Å². The molecule has 3 rings (SSSR count). The number of benzene rings is 2. The molecular formula is C18H16ClN3O. The highest BCUT2D eigenvalue weighted by Crippen LogP contribution is 2.13. The molecule has 0 unspecified atom stereocenters. The van der Waals surface area contributed by atoms with E-state index in [0.29, 0.717) is 18.0 Å². The summed E-state index contributed by atoms with van der Waals surface area (Å²) in [6, 6.07) is 17.0. The van der Waals surface area contributed by atoms with Gasteiger partial charge in [0.25, 0.3) is 0 Å². The average Bonchev–Trinajstić information content (AvgIpc) is 3.04. The van der Waals surface area contributed by atoms with E-state index in [1.54, 1.807) is 18.3 Å². The number of rotatable bonds is 5. The van der Waals surface area contributed by atoms with Gasteiger partial charge in [0.15, 0.2) is 0 Å². The first-order valence-corrected chi connectivity index (χ1v) is 7.67. The lowest BCUT2D eigenvalue weighted by atomic mass is 10.1. The summed E-state index contributed by atoms with van der Waals surface area (Å²) in [5.74, 6) is -0.0489. The molecule has 116 valence electrons. The van der Waals surface area contributed by atoms with Gasteiger partial charge in [0.1, 0.15) is 0 Å². The van der Waals surface area contributed by atoms with Gasteiger partial charge < -0.3 is 5.32 Å². The minimum absolute atomic E-state index is 0.0489. The van der Waals surface area contributed by atoms with Crippen molar-refractivity contribution >= 4 is 23.2 Å². The Morgan fingerprint density at radius 1 is 1.04 bits per heavy atom. The first-order valence-electron chi connectivity index (χ1n) is 7.30. The van der Waals surface area contributed by atoms with Crippen molar-refractivity contribution in [2.75, 3.05) is 5.32 Å². The lowest BCUT2D eigenvalue weighted by Gasteiger charge is -2.07. The van der Waals surface area contributed by atoms with Gasteiger partial charge in [-0.2, -0.15) is 5.10 Å². The summed E-state index contributed by atoms with van der Waals surface area (Å²) in [4.78, 5) is 12.0. The number of carbonyl (C=O) groups excluding carboxylic acids is 1. The molecule has 2 aromatic carbocycles. The summed E-state index contributed by atoms with van der Waals surface area (Å²) >= 11 is 5.84. The maximum Gasteiger partial charge on any atom is 0.228 e. The van der Waals surface area contributed by atoms with Crippen molar-refractivity contribution in [2.45, 2.75) is 13.0 Å². The highest BCUT2D eigenvalue weighted by atomic mass is 35.5. The Labute approximate surface area is 139 Å². The summed E-state index contributed by atoms with van der Waals surface area (Å²) < 4.78 is 1.86. The summed E-state index contributed by atoms with van der Waals surface area (Å²) in [5, 5.41) is 7.74. The molecule has 0 aliphatic rings. The van der Waals surface area contributed by atoms with Gasteiger partial charge >= 0.3 is 0 Å². The van der Waals surface area contributed by atoms with Crippen LogP contribution in [0.2, 0.25) is 5.02 Å². The van der Waals surface area contributed by atoms with Crippen molar-refractivity contribution in [1.29, 1.82) is 0 Å². The molecular weight excluding hydrogens is 310 g/mol. The zero-order valence-corrected chi connectivity index (χ0v) is 13.2. The summed E-state index contributed by atoms with van der Waals surface area (Å²) in [6.45, 7) is 0.714. The Balaban J connectivity index is 1.57. The zero-order chi connectivity index (χ0) is 16.1. The van der Waals surface area contributed by atoms with Crippen molar-refractivity contribution in [3.63, 3.8) is 0 Å². The Morgan fingerprint density at radius 3 is 2.39 bits per heavy atom. The molecule has 1 amide bonds. The van der Waals surface area contributed by atoms with Crippen molar-refractivity contribution < 1.29 is 4.79 Å². The molecule has 0 aliphatic carbocycles. The number of hydrogen-bond donors (Lipinski definition) is 1. The lowest BCUT2D eigenvalue weighted by molar-refractivity contribution is -0.115. The molecule has 0 aliphatic heterocycles. The largest absolute Gasteiger partial charge is 0.326 e. The maximum atomic E-state index is 12.0. The minimum atomic E-state index is -0.0489. The third kappa shape index (κ3) is 4.44. The van der Waals surface area contributed by atoms with Crippen molar-refractivity contribution in [2.24, 2.45) is 0 Å². The quantitative estimate of drug-likeness (QED) is 0.776. The Kier molecular flexibility index (Phi) is 4.74. The molecule has 1 aromatic heterocycles. The summed E-state index contributed by atoms with van der Waals surface area (Å²) in [5.41, 5.74) is 2.85. The monoisotopic (exact) mass is 325 g/mol. The highest BCUT2D eigenvalue weighted by molar-refractivity contribution is 6.30. The van der Waals surface area contributed by atoms with E-state index in [4.69, 9.17) is 11.6 Å². The van der Waals surface area contributed by atoms with Crippen LogP contribution in [-0.2, 0) is 17.8 Å². The first kappa shape index (κ1) is 15.3. The van der Waals surface area contributed by atoms with E-state index in [9.17, 15) is 4.79 Å². The van der Waals surface area contributed by atoms with Crippen molar-refractivity contribution in [3.8, 4) is 0 Å². The zero-order valence-electron chi connectivity index (χ0n) is 12.4. The molecule has 1 N–H and O–H groups in total. The number of anilines is 1. The first-order chi connectivity index (χ1) is 11.2. The number of carbonyl (C=O) groups is 1. The van der Waals surface area contributed by atoms with Crippen LogP contribution in [0.1, 0.15) is 11.1 Å². The average molecular weight is 326 g/mol. The van der Waals surface area contributed by atoms with E-state index in [-0.39, 0.29) is 5.91 Å². The fourth-order valence-corrected chi connectivity index (χ4v) is 2.39. The van der Waals surface area contributed by atoms with Gasteiger partial charge in [-0.15, -0.1) is 0 Å². The minimum Gasteiger partial charge on any atom is -0.326 e. The van der Waals surface area contributed by atoms with Crippen LogP contribution >= 0.6 is 11.6 Å². The van der Waals surface area contributed by atoms with Crippen LogP contribution < -0.4 is 5.32 Å². The second kappa shape index (κ2) is 7.11. The number of amides is 1. The molecule has 4 nitrogen and oxygen atoms in total. The van der Waals surface area contributed by atoms with Crippen LogP contribution in [0.15, 0.2) is 67.0 Å². The van der Waals surface area contributed by atoms with E-state index < -0.39 is 0 Å². The van der Waals surface area contributed by atoms with E-state index in [1.807, 2.05) is 53.3 Å². The van der Waals surface area contributed by atoms with Crippen LogP contribution in [0.4, 0.5) is 5.69 Å². The molecule has 5 heteroatoms. The second-order valence-corrected chi connectivity index (χ2v) is 5.69. The number of nitrogens with zero attached hydrogens (tertiary/aromatic N) is 2. The molecule has 3 aromatic rings. The van der Waals surface area contributed by atoms with E-state index in [0.717, 1.165) is 16.8 Å². The highest BCUT2D eigenvalue weighted by Gasteiger charge is 2.04. The summed E-state index contributed by atoms with van der Waals surface area (Å²) in [7, 11) is 0. The van der Waals surface area contributed by atoms with Crippen molar-refractivity contribution in [3.05, 3.63) is 83.1 Å². The Morgan fingerprint density at radius 2 is 1.74 bits per heavy atom. The molecule has 0 saturated heterocycles. The van der Waals surface area contributed by atoms with Crippen molar-refractivity contribution in [1.82, 2.24) is 9.78 Å². The molecule has 0 spiro atoms. The van der Waals surface area contributed by atoms with Gasteiger partial charge in [-0.1, -0.05) is 35.9 Å². The smallest absolute Gasteiger partial charge is 0.228 e. The SMILES string of the molecule is O=C(Cc1ccc(Cl)cc1)Nc1ccc(Cn2cccn2)cc1. The number of halogens is 1. The molecule has 23 heavy (non-hydrogen) atoms. The van der Waals surface area contributed by atoms with Crippen LogP contribution in [-0.4, -0.2) is 15.7 Å². The summed E-state index contributed by atoms with van der Waals surface area (Å²) in [6.07, 6.45) is 4.00. The van der Waals surface area contributed by atoms with Crippen LogP contribution in [0.3, 0.4) is 0 Å². The van der Waals surface area contributed by atoms with E-state index >= 15 is 0 Å². The third-order valence-corrected chi connectivity index (χ3v) is 3.67. The van der Waals surface area contributed by atoms with Gasteiger partial charge in [-0.25, -0.2) is 0 Å². The van der Waals surface area contributed by atoms with Crippen LogP contribution in [0.25, 0.3) is 0 Å². The maximum absolute atomic E-state index is 12.0. The third-order valence-electron chi connectivity index (χ3n) is 3.42. The number of aromatic nitrogens is 2. The van der Waals surface area contributed by atoms with Gasteiger partial charge in [-0.05, 0) is 41.5 Å². The van der Waals surface area contributed by atoms with E-state index in [2.05, 4.69) is 10.4 Å². The lowest BCUT2D eigenvalue weighted by Crippen LogP contribution is -2.14. The molecule has 0 fully saturated rings. The topological polar surface area (TPSA) is 46.9 Å². The van der Waals surface area contributed by atoms with Crippen LogP contribution in [0, 0.1) is 0 Å². The molecule has 0 saturated carbocycles. The molecule has 0 atom stereocenters. The number of hydrogen-bond acceptors (Lipinski definition) is 2. The molecule has 0 radical (unpaired) electrons. The fourth-order valence-electron chi connectivity index (χ4n) is 2.27. The van der Waals surface area contributed by atoms with Gasteiger partial charge in [-0.3, -0.25) is 9.48 Å². The Bertz CT molecular complexity index is 765. The fraction of sp³-hybridized carbons (Fsp3) is 0.111. The molecule has 0 bridgehead atoms. The van der Waals surface area contributed by atoms with Crippen LogP contribution in [0.5, 0.6) is 0 Å². The van der Waals surface area contributed by atoms with E-state index in [1.165, 1.54) is 0 Å². The Hall–Kier alpha value is -2.59. The molecule has 1 heterocycles. The normalized spacial score (nSPS) is 10.5. The predicted octanol–water partition coefficient (Wildman–Crippen LogP) is 3.77. The number of nitrogens with one attached hydrogen (secondary N) is 1. The standard InChI is InChI=1S/C18H16ClN3O/c19-16-6-2-14(3-7-16)12-18(23)21-17-8-4-15(5-9-17)13-22-11-1-10-20-22/h1-11H,12-13H2,(H,21,23). The predicted molar refractivity (Wildman–Crippen MR) is 91.6 cm³/mol. The van der Waals surface area contributed by atoms with Gasteiger partial charge in [0, 0.05) is 23.1 Å². The second-order valence-electron chi connectivity index (χ2n) is 5.25. The van der Waals surface area contributed by atoms with Gasteiger partial charge in [0.2, 0.25) is 5.91 Å².